The molecule has 1 fully saturated rings. The number of rotatable bonds is 4. The third-order valence-electron chi connectivity index (χ3n) is 4.33. The smallest absolute Gasteiger partial charge is 0.372 e. The average molecular weight is 379 g/mol. The molecular formula is C19H20F3N3S. The number of benzene rings is 2. The molecule has 0 radical (unpaired) electrons. The lowest BCUT2D eigenvalue weighted by Crippen LogP contribution is -2.28. The van der Waals surface area contributed by atoms with Crippen molar-refractivity contribution in [2.45, 2.75) is 25.6 Å². The summed E-state index contributed by atoms with van der Waals surface area (Å²) >= 11 is 5.20. The van der Waals surface area contributed by atoms with Gasteiger partial charge in [-0.1, -0.05) is 12.1 Å². The van der Waals surface area contributed by atoms with E-state index in [-0.39, 0.29) is 0 Å². The van der Waals surface area contributed by atoms with Crippen molar-refractivity contribution in [3.63, 3.8) is 0 Å². The SMILES string of the molecule is FC(F)(F)c1ccc(NC(=S)NCc2ccc(N3CCCC3)cc2)cc1. The number of nitrogens with one attached hydrogen (secondary N) is 2. The highest BCUT2D eigenvalue weighted by molar-refractivity contribution is 7.80. The number of halogens is 3. The number of nitrogens with zero attached hydrogens (tertiary/aromatic N) is 1. The van der Waals surface area contributed by atoms with Crippen LogP contribution in [0.1, 0.15) is 24.0 Å². The van der Waals surface area contributed by atoms with Crippen molar-refractivity contribution in [1.82, 2.24) is 5.32 Å². The Morgan fingerprint density at radius 3 is 2.15 bits per heavy atom. The molecule has 0 bridgehead atoms. The van der Waals surface area contributed by atoms with E-state index in [1.165, 1.54) is 30.7 Å². The first-order valence-electron chi connectivity index (χ1n) is 8.48. The van der Waals surface area contributed by atoms with Gasteiger partial charge in [-0.3, -0.25) is 0 Å². The molecule has 26 heavy (non-hydrogen) atoms. The van der Waals surface area contributed by atoms with Crippen LogP contribution in [-0.4, -0.2) is 18.2 Å². The van der Waals surface area contributed by atoms with Gasteiger partial charge >= 0.3 is 6.18 Å². The molecule has 3 nitrogen and oxygen atoms in total. The van der Waals surface area contributed by atoms with Gasteiger partial charge in [-0.25, -0.2) is 0 Å². The van der Waals surface area contributed by atoms with Gasteiger partial charge in [0.1, 0.15) is 0 Å². The summed E-state index contributed by atoms with van der Waals surface area (Å²) in [6.45, 7) is 2.77. The lowest BCUT2D eigenvalue weighted by Gasteiger charge is -2.18. The minimum Gasteiger partial charge on any atom is -0.372 e. The summed E-state index contributed by atoms with van der Waals surface area (Å²) in [5, 5.41) is 6.33. The maximum atomic E-state index is 12.6. The molecule has 0 saturated carbocycles. The molecule has 2 aromatic rings. The van der Waals surface area contributed by atoms with Crippen LogP contribution in [0.3, 0.4) is 0 Å². The predicted molar refractivity (Wildman–Crippen MR) is 102 cm³/mol. The summed E-state index contributed by atoms with van der Waals surface area (Å²) < 4.78 is 37.7. The second-order valence-electron chi connectivity index (χ2n) is 6.24. The fraction of sp³-hybridized carbons (Fsp3) is 0.316. The highest BCUT2D eigenvalue weighted by Crippen LogP contribution is 2.29. The molecule has 0 aliphatic carbocycles. The molecule has 1 aliphatic heterocycles. The topological polar surface area (TPSA) is 27.3 Å². The average Bonchev–Trinajstić information content (AvgIpc) is 3.15. The Morgan fingerprint density at radius 1 is 0.962 bits per heavy atom. The van der Waals surface area contributed by atoms with Crippen LogP contribution in [0.2, 0.25) is 0 Å². The zero-order valence-corrected chi connectivity index (χ0v) is 15.0. The van der Waals surface area contributed by atoms with Gasteiger partial charge in [-0.15, -0.1) is 0 Å². The van der Waals surface area contributed by atoms with Crippen LogP contribution in [0.15, 0.2) is 48.5 Å². The summed E-state index contributed by atoms with van der Waals surface area (Å²) in [7, 11) is 0. The fourth-order valence-corrected chi connectivity index (χ4v) is 3.09. The first-order chi connectivity index (χ1) is 12.4. The van der Waals surface area contributed by atoms with Gasteiger partial charge in [0, 0.05) is 31.0 Å². The first kappa shape index (κ1) is 18.5. The third kappa shape index (κ3) is 4.88. The Bertz CT molecular complexity index is 736. The summed E-state index contributed by atoms with van der Waals surface area (Å²) in [6.07, 6.45) is -1.85. The molecule has 0 spiro atoms. The Kier molecular flexibility index (Phi) is 5.66. The van der Waals surface area contributed by atoms with Crippen LogP contribution in [0.4, 0.5) is 24.5 Å². The predicted octanol–water partition coefficient (Wildman–Crippen LogP) is 4.79. The summed E-state index contributed by atoms with van der Waals surface area (Å²) in [5.74, 6) is 0. The van der Waals surface area contributed by atoms with Crippen LogP contribution in [-0.2, 0) is 12.7 Å². The largest absolute Gasteiger partial charge is 0.416 e. The molecule has 2 aromatic carbocycles. The van der Waals surface area contributed by atoms with Crippen LogP contribution < -0.4 is 15.5 Å². The minimum atomic E-state index is -4.33. The first-order valence-corrected chi connectivity index (χ1v) is 8.89. The van der Waals surface area contributed by atoms with Crippen LogP contribution >= 0.6 is 12.2 Å². The van der Waals surface area contributed by atoms with Crippen molar-refractivity contribution in [2.75, 3.05) is 23.3 Å². The summed E-state index contributed by atoms with van der Waals surface area (Å²) in [5.41, 5.74) is 2.15. The van der Waals surface area contributed by atoms with Gasteiger partial charge in [0.05, 0.1) is 5.56 Å². The second kappa shape index (κ2) is 7.95. The molecule has 0 aromatic heterocycles. The van der Waals surface area contributed by atoms with Crippen LogP contribution in [0.25, 0.3) is 0 Å². The quantitative estimate of drug-likeness (QED) is 0.747. The van der Waals surface area contributed by atoms with Gasteiger partial charge in [0.15, 0.2) is 5.11 Å². The van der Waals surface area contributed by atoms with Gasteiger partial charge in [-0.05, 0) is 67.0 Å². The maximum Gasteiger partial charge on any atom is 0.416 e. The molecular weight excluding hydrogens is 359 g/mol. The molecule has 1 aliphatic rings. The Morgan fingerprint density at radius 2 is 1.58 bits per heavy atom. The fourth-order valence-electron chi connectivity index (χ4n) is 2.90. The molecule has 0 amide bonds. The highest BCUT2D eigenvalue weighted by Gasteiger charge is 2.29. The van der Waals surface area contributed by atoms with Crippen molar-refractivity contribution >= 4 is 28.7 Å². The highest BCUT2D eigenvalue weighted by atomic mass is 32.1. The van der Waals surface area contributed by atoms with Gasteiger partial charge in [0.25, 0.3) is 0 Å². The van der Waals surface area contributed by atoms with Crippen molar-refractivity contribution in [2.24, 2.45) is 0 Å². The second-order valence-corrected chi connectivity index (χ2v) is 6.65. The Hall–Kier alpha value is -2.28. The zero-order chi connectivity index (χ0) is 18.6. The minimum absolute atomic E-state index is 0.369. The number of hydrogen-bond acceptors (Lipinski definition) is 2. The summed E-state index contributed by atoms with van der Waals surface area (Å²) in [4.78, 5) is 2.37. The van der Waals surface area contributed by atoms with Crippen LogP contribution in [0.5, 0.6) is 0 Å². The third-order valence-corrected chi connectivity index (χ3v) is 4.58. The van der Waals surface area contributed by atoms with E-state index in [1.807, 2.05) is 0 Å². The van der Waals surface area contributed by atoms with E-state index in [2.05, 4.69) is 39.8 Å². The molecule has 0 unspecified atom stereocenters. The number of anilines is 2. The zero-order valence-electron chi connectivity index (χ0n) is 14.1. The van der Waals surface area contributed by atoms with E-state index in [0.29, 0.717) is 17.3 Å². The number of thiocarbonyl (C=S) groups is 1. The van der Waals surface area contributed by atoms with E-state index in [1.54, 1.807) is 0 Å². The Labute approximate surface area is 156 Å². The van der Waals surface area contributed by atoms with Crippen LogP contribution in [0, 0.1) is 0 Å². The summed E-state index contributed by atoms with van der Waals surface area (Å²) in [6, 6.07) is 13.1. The lowest BCUT2D eigenvalue weighted by atomic mass is 10.2. The standard InChI is InChI=1S/C19H20F3N3S/c20-19(21,22)15-5-7-16(8-6-15)24-18(26)23-13-14-3-9-17(10-4-14)25-11-1-2-12-25/h3-10H,1-2,11-13H2,(H2,23,24,26). The normalized spacial score (nSPS) is 14.3. The van der Waals surface area contributed by atoms with Crippen molar-refractivity contribution in [3.05, 3.63) is 59.7 Å². The number of hydrogen-bond donors (Lipinski definition) is 2. The van der Waals surface area contributed by atoms with E-state index < -0.39 is 11.7 Å². The van der Waals surface area contributed by atoms with Crippen molar-refractivity contribution < 1.29 is 13.2 Å². The molecule has 1 heterocycles. The maximum absolute atomic E-state index is 12.6. The van der Waals surface area contributed by atoms with Crippen molar-refractivity contribution in [1.29, 1.82) is 0 Å². The molecule has 0 atom stereocenters. The molecule has 7 heteroatoms. The van der Waals surface area contributed by atoms with Gasteiger partial charge in [-0.2, -0.15) is 13.2 Å². The van der Waals surface area contributed by atoms with Gasteiger partial charge in [0.2, 0.25) is 0 Å². The van der Waals surface area contributed by atoms with Gasteiger partial charge < -0.3 is 15.5 Å². The monoisotopic (exact) mass is 379 g/mol. The molecule has 138 valence electrons. The van der Waals surface area contributed by atoms with E-state index in [9.17, 15) is 13.2 Å². The number of alkyl halides is 3. The van der Waals surface area contributed by atoms with E-state index >= 15 is 0 Å². The molecule has 2 N–H and O–H groups in total. The molecule has 3 rings (SSSR count). The van der Waals surface area contributed by atoms with E-state index in [0.717, 1.165) is 30.8 Å². The Balaban J connectivity index is 1.49. The van der Waals surface area contributed by atoms with Crippen molar-refractivity contribution in [3.8, 4) is 0 Å². The lowest BCUT2D eigenvalue weighted by molar-refractivity contribution is -0.137. The van der Waals surface area contributed by atoms with E-state index in [4.69, 9.17) is 12.2 Å². The molecule has 1 saturated heterocycles.